The van der Waals surface area contributed by atoms with Crippen LogP contribution in [0.1, 0.15) is 5.69 Å². The van der Waals surface area contributed by atoms with Crippen molar-refractivity contribution in [2.45, 2.75) is 19.3 Å². The summed E-state index contributed by atoms with van der Waals surface area (Å²) >= 11 is 0. The zero-order valence-electron chi connectivity index (χ0n) is 16.2. The van der Waals surface area contributed by atoms with Crippen LogP contribution < -0.4 is 5.32 Å². The van der Waals surface area contributed by atoms with Crippen molar-refractivity contribution in [1.82, 2.24) is 19.2 Å². The van der Waals surface area contributed by atoms with Gasteiger partial charge in [-0.05, 0) is 30.3 Å². The van der Waals surface area contributed by atoms with Crippen molar-refractivity contribution in [3.05, 3.63) is 48.4 Å². The molecule has 1 N–H and O–H groups in total. The smallest absolute Gasteiger partial charge is 0.379 e. The molecule has 1 aliphatic rings. The maximum absolute atomic E-state index is 12.6. The lowest BCUT2D eigenvalue weighted by Gasteiger charge is -2.26. The molecule has 0 bridgehead atoms. The van der Waals surface area contributed by atoms with Gasteiger partial charge < -0.3 is 14.6 Å². The number of ether oxygens (including phenoxy) is 1. The number of hydrogen-bond donors (Lipinski definition) is 1. The molecular weight excluding hydrogens is 399 g/mol. The molecule has 0 saturated carbocycles. The maximum Gasteiger partial charge on any atom is 0.435 e. The molecule has 3 heterocycles. The first kappa shape index (κ1) is 20.4. The summed E-state index contributed by atoms with van der Waals surface area (Å²) in [6, 6.07) is 8.39. The molecule has 1 fully saturated rings. The molecule has 1 saturated heterocycles. The van der Waals surface area contributed by atoms with Crippen LogP contribution in [0.25, 0.3) is 10.9 Å². The Kier molecular flexibility index (Phi) is 5.78. The molecule has 0 spiro atoms. The van der Waals surface area contributed by atoms with Crippen molar-refractivity contribution < 1.29 is 22.7 Å². The van der Waals surface area contributed by atoms with Gasteiger partial charge in [-0.3, -0.25) is 14.4 Å². The topological polar surface area (TPSA) is 64.3 Å². The van der Waals surface area contributed by atoms with Gasteiger partial charge in [0.05, 0.1) is 13.2 Å². The first-order chi connectivity index (χ1) is 14.4. The third-order valence-corrected chi connectivity index (χ3v) is 5.05. The fraction of sp³-hybridized carbons (Fsp3) is 0.400. The van der Waals surface area contributed by atoms with Crippen LogP contribution >= 0.6 is 0 Å². The van der Waals surface area contributed by atoms with Gasteiger partial charge in [-0.25, -0.2) is 0 Å². The summed E-state index contributed by atoms with van der Waals surface area (Å²) in [5, 5.41) is 7.08. The first-order valence-corrected chi connectivity index (χ1v) is 9.68. The summed E-state index contributed by atoms with van der Waals surface area (Å²) in [5.74, 6) is -0.446. The second-order valence-electron chi connectivity index (χ2n) is 7.18. The Bertz CT molecular complexity index is 1020. The summed E-state index contributed by atoms with van der Waals surface area (Å²) in [6.45, 7) is 4.92. The highest BCUT2D eigenvalue weighted by atomic mass is 19.4. The van der Waals surface area contributed by atoms with Crippen LogP contribution in [0.3, 0.4) is 0 Å². The minimum Gasteiger partial charge on any atom is -0.379 e. The van der Waals surface area contributed by atoms with Gasteiger partial charge in [0, 0.05) is 55.2 Å². The highest BCUT2D eigenvalue weighted by Gasteiger charge is 2.33. The molecule has 1 aromatic carbocycles. The molecule has 1 aliphatic heterocycles. The van der Waals surface area contributed by atoms with Gasteiger partial charge >= 0.3 is 6.18 Å². The SMILES string of the molecule is O=C(Cn1ccc(C(F)(F)F)n1)Nc1ccc2c(ccn2CCN2CCOCC2)c1. The zero-order valence-corrected chi connectivity index (χ0v) is 16.2. The standard InChI is InChI=1S/C20H22F3N5O2/c21-20(22,23)18-4-6-28(25-18)14-19(29)24-16-1-2-17-15(13-16)3-5-27(17)8-7-26-9-11-30-12-10-26/h1-6,13H,7-12,14H2,(H,24,29). The lowest BCUT2D eigenvalue weighted by atomic mass is 10.2. The minimum atomic E-state index is -4.53. The van der Waals surface area contributed by atoms with E-state index in [1.54, 1.807) is 6.07 Å². The van der Waals surface area contributed by atoms with E-state index < -0.39 is 17.8 Å². The van der Waals surface area contributed by atoms with Gasteiger partial charge in [-0.1, -0.05) is 0 Å². The van der Waals surface area contributed by atoms with E-state index >= 15 is 0 Å². The number of morpholine rings is 1. The monoisotopic (exact) mass is 421 g/mol. The molecule has 0 unspecified atom stereocenters. The summed E-state index contributed by atoms with van der Waals surface area (Å²) < 4.78 is 46.3. The quantitative estimate of drug-likeness (QED) is 0.665. The van der Waals surface area contributed by atoms with Crippen LogP contribution in [-0.4, -0.2) is 58.0 Å². The summed E-state index contributed by atoms with van der Waals surface area (Å²) in [5.41, 5.74) is 0.625. The lowest BCUT2D eigenvalue weighted by Crippen LogP contribution is -2.38. The Morgan fingerprint density at radius 3 is 2.63 bits per heavy atom. The third-order valence-electron chi connectivity index (χ3n) is 5.05. The van der Waals surface area contributed by atoms with Crippen molar-refractivity contribution in [2.24, 2.45) is 0 Å². The number of rotatable bonds is 6. The molecule has 2 aromatic heterocycles. The molecule has 7 nitrogen and oxygen atoms in total. The van der Waals surface area contributed by atoms with Crippen LogP contribution in [0.15, 0.2) is 42.7 Å². The van der Waals surface area contributed by atoms with Crippen molar-refractivity contribution >= 4 is 22.5 Å². The molecule has 4 rings (SSSR count). The number of hydrogen-bond acceptors (Lipinski definition) is 4. The third kappa shape index (κ3) is 4.82. The molecule has 30 heavy (non-hydrogen) atoms. The van der Waals surface area contributed by atoms with E-state index in [0.29, 0.717) is 5.69 Å². The van der Waals surface area contributed by atoms with Gasteiger partial charge in [0.15, 0.2) is 5.69 Å². The number of amides is 1. The normalized spacial score (nSPS) is 15.6. The van der Waals surface area contributed by atoms with E-state index in [4.69, 9.17) is 4.74 Å². The van der Waals surface area contributed by atoms with Crippen LogP contribution in [0.2, 0.25) is 0 Å². The van der Waals surface area contributed by atoms with E-state index in [0.717, 1.165) is 67.2 Å². The van der Waals surface area contributed by atoms with E-state index in [-0.39, 0.29) is 6.54 Å². The Morgan fingerprint density at radius 1 is 1.10 bits per heavy atom. The molecule has 3 aromatic rings. The van der Waals surface area contributed by atoms with E-state index in [2.05, 4.69) is 19.9 Å². The Balaban J connectivity index is 1.36. The highest BCUT2D eigenvalue weighted by molar-refractivity contribution is 5.93. The van der Waals surface area contributed by atoms with Crippen molar-refractivity contribution in [1.29, 1.82) is 0 Å². The second kappa shape index (κ2) is 8.49. The van der Waals surface area contributed by atoms with Gasteiger partial charge in [0.25, 0.3) is 0 Å². The van der Waals surface area contributed by atoms with Crippen molar-refractivity contribution in [3.63, 3.8) is 0 Å². The Hall–Kier alpha value is -2.85. The molecule has 0 atom stereocenters. The van der Waals surface area contributed by atoms with Crippen molar-refractivity contribution in [2.75, 3.05) is 38.2 Å². The summed E-state index contributed by atoms with van der Waals surface area (Å²) in [4.78, 5) is 14.6. The number of alkyl halides is 3. The number of nitrogens with zero attached hydrogens (tertiary/aromatic N) is 4. The largest absolute Gasteiger partial charge is 0.435 e. The van der Waals surface area contributed by atoms with Gasteiger partial charge in [-0.15, -0.1) is 0 Å². The summed E-state index contributed by atoms with van der Waals surface area (Å²) in [7, 11) is 0. The van der Waals surface area contributed by atoms with Crippen LogP contribution in [-0.2, 0) is 28.8 Å². The Morgan fingerprint density at radius 2 is 1.90 bits per heavy atom. The number of carbonyl (C=O) groups is 1. The number of fused-ring (bicyclic) bond motifs is 1. The van der Waals surface area contributed by atoms with Crippen molar-refractivity contribution in [3.8, 4) is 0 Å². The molecular formula is C20H22F3N5O2. The van der Waals surface area contributed by atoms with Gasteiger partial charge in [0.1, 0.15) is 6.54 Å². The maximum atomic E-state index is 12.6. The molecule has 160 valence electrons. The van der Waals surface area contributed by atoms with Crippen LogP contribution in [0, 0.1) is 0 Å². The zero-order chi connectivity index (χ0) is 21.1. The minimum absolute atomic E-state index is 0.297. The number of nitrogens with one attached hydrogen (secondary N) is 1. The number of aromatic nitrogens is 3. The van der Waals surface area contributed by atoms with Gasteiger partial charge in [-0.2, -0.15) is 18.3 Å². The fourth-order valence-corrected chi connectivity index (χ4v) is 3.50. The molecule has 10 heteroatoms. The number of carbonyl (C=O) groups excluding carboxylic acids is 1. The van der Waals surface area contributed by atoms with E-state index in [9.17, 15) is 18.0 Å². The average Bonchev–Trinajstić information content (AvgIpc) is 3.34. The average molecular weight is 421 g/mol. The highest BCUT2D eigenvalue weighted by Crippen LogP contribution is 2.27. The predicted octanol–water partition coefficient (Wildman–Crippen LogP) is 2.83. The van der Waals surface area contributed by atoms with E-state index in [1.165, 1.54) is 0 Å². The summed E-state index contributed by atoms with van der Waals surface area (Å²) in [6.07, 6.45) is -1.37. The van der Waals surface area contributed by atoms with Gasteiger partial charge in [0.2, 0.25) is 5.91 Å². The fourth-order valence-electron chi connectivity index (χ4n) is 3.50. The second-order valence-corrected chi connectivity index (χ2v) is 7.18. The number of anilines is 1. The molecule has 0 radical (unpaired) electrons. The van der Waals surface area contributed by atoms with E-state index in [1.807, 2.05) is 24.4 Å². The first-order valence-electron chi connectivity index (χ1n) is 9.68. The molecule has 1 amide bonds. The number of halogens is 3. The predicted molar refractivity (Wildman–Crippen MR) is 105 cm³/mol. The number of benzene rings is 1. The van der Waals surface area contributed by atoms with Crippen LogP contribution in [0.5, 0.6) is 0 Å². The lowest BCUT2D eigenvalue weighted by molar-refractivity contribution is -0.141. The molecule has 0 aliphatic carbocycles. The Labute approximate surface area is 171 Å². The van der Waals surface area contributed by atoms with Crippen LogP contribution in [0.4, 0.5) is 18.9 Å².